The van der Waals surface area contributed by atoms with Gasteiger partial charge in [0.2, 0.25) is 0 Å². The Bertz CT molecular complexity index is 956. The second-order valence-electron chi connectivity index (χ2n) is 9.66. The van der Waals surface area contributed by atoms with Crippen molar-refractivity contribution in [3.8, 4) is 17.1 Å². The van der Waals surface area contributed by atoms with Crippen LogP contribution in [0.1, 0.15) is 39.2 Å². The van der Waals surface area contributed by atoms with E-state index in [2.05, 4.69) is 36.3 Å². The maximum Gasteiger partial charge on any atom is 0.164 e. The van der Waals surface area contributed by atoms with Crippen LogP contribution in [0.2, 0.25) is 0 Å². The number of aliphatic hydroxyl groups is 1. The van der Waals surface area contributed by atoms with Gasteiger partial charge < -0.3 is 35.5 Å². The summed E-state index contributed by atoms with van der Waals surface area (Å²) in [7, 11) is 3.82. The van der Waals surface area contributed by atoms with Gasteiger partial charge in [-0.3, -0.25) is 0 Å². The monoisotopic (exact) mass is 470 g/mol. The summed E-state index contributed by atoms with van der Waals surface area (Å²) in [6, 6.07) is 7.84. The molecule has 1 unspecified atom stereocenters. The SMILES string of the molecule is CNCC(O)COc1cccc(-c2nc(NC(C)(C)C)c(C=N)c(N(C)C3CCOCC3)n2)c1. The molecule has 3 rings (SSSR count). The van der Waals surface area contributed by atoms with Crippen LogP contribution in [0.3, 0.4) is 0 Å². The first-order valence-corrected chi connectivity index (χ1v) is 11.8. The van der Waals surface area contributed by atoms with Gasteiger partial charge in [0.05, 0.1) is 5.56 Å². The number of hydrogen-bond donors (Lipinski definition) is 4. The topological polar surface area (TPSA) is 116 Å². The summed E-state index contributed by atoms with van der Waals surface area (Å²) in [5.74, 6) is 2.52. The van der Waals surface area contributed by atoms with Gasteiger partial charge in [0, 0.05) is 50.2 Å². The lowest BCUT2D eigenvalue weighted by Gasteiger charge is -2.34. The molecule has 0 amide bonds. The summed E-state index contributed by atoms with van der Waals surface area (Å²) in [6.45, 7) is 8.28. The molecule has 1 saturated heterocycles. The minimum Gasteiger partial charge on any atom is -0.491 e. The van der Waals surface area contributed by atoms with Crippen LogP contribution >= 0.6 is 0 Å². The van der Waals surface area contributed by atoms with Gasteiger partial charge in [0.15, 0.2) is 5.82 Å². The molecule has 0 radical (unpaired) electrons. The molecule has 4 N–H and O–H groups in total. The van der Waals surface area contributed by atoms with E-state index in [9.17, 15) is 5.11 Å². The number of nitrogens with zero attached hydrogens (tertiary/aromatic N) is 3. The van der Waals surface area contributed by atoms with E-state index in [1.807, 2.05) is 31.3 Å². The lowest BCUT2D eigenvalue weighted by atomic mass is 10.1. The summed E-state index contributed by atoms with van der Waals surface area (Å²) >= 11 is 0. The number of nitrogens with one attached hydrogen (secondary N) is 3. The highest BCUT2D eigenvalue weighted by atomic mass is 16.5. The molecular formula is C25H38N6O3. The summed E-state index contributed by atoms with van der Waals surface area (Å²) in [5, 5.41) is 24.5. The van der Waals surface area contributed by atoms with Crippen LogP contribution in [0.5, 0.6) is 5.75 Å². The van der Waals surface area contributed by atoms with Gasteiger partial charge >= 0.3 is 0 Å². The molecule has 1 aliphatic heterocycles. The number of rotatable bonds is 10. The van der Waals surface area contributed by atoms with E-state index in [1.165, 1.54) is 6.21 Å². The zero-order chi connectivity index (χ0) is 24.7. The van der Waals surface area contributed by atoms with Gasteiger partial charge in [0.25, 0.3) is 0 Å². The zero-order valence-electron chi connectivity index (χ0n) is 20.9. The first kappa shape index (κ1) is 25.9. The number of ether oxygens (including phenoxy) is 2. The average molecular weight is 471 g/mol. The zero-order valence-corrected chi connectivity index (χ0v) is 20.9. The number of likely N-dealkylation sites (N-methyl/N-ethyl adjacent to an activating group) is 1. The van der Waals surface area contributed by atoms with Crippen LogP contribution in [0.4, 0.5) is 11.6 Å². The van der Waals surface area contributed by atoms with Gasteiger partial charge in [-0.05, 0) is 52.8 Å². The number of aliphatic hydroxyl groups excluding tert-OH is 1. The number of benzene rings is 1. The number of hydrogen-bond acceptors (Lipinski definition) is 9. The van der Waals surface area contributed by atoms with Crippen molar-refractivity contribution >= 4 is 17.9 Å². The fraction of sp³-hybridized carbons (Fsp3) is 0.560. The van der Waals surface area contributed by atoms with E-state index in [4.69, 9.17) is 24.9 Å². The predicted octanol–water partition coefficient (Wildman–Crippen LogP) is 2.93. The first-order valence-electron chi connectivity index (χ1n) is 11.8. The van der Waals surface area contributed by atoms with Crippen molar-refractivity contribution in [1.29, 1.82) is 5.41 Å². The maximum atomic E-state index is 9.96. The predicted molar refractivity (Wildman–Crippen MR) is 136 cm³/mol. The van der Waals surface area contributed by atoms with Gasteiger partial charge in [-0.25, -0.2) is 9.97 Å². The standard InChI is InChI=1S/C25H38N6O3/c1-25(2,3)30-23-21(14-26)24(31(5)18-9-11-33-12-10-18)29-22(28-23)17-7-6-8-20(13-17)34-16-19(32)15-27-4/h6-8,13-14,18-19,26-27,32H,9-12,15-16H2,1-5H3,(H,28,29,30). The Morgan fingerprint density at radius 3 is 2.68 bits per heavy atom. The summed E-state index contributed by atoms with van der Waals surface area (Å²) in [4.78, 5) is 11.9. The highest BCUT2D eigenvalue weighted by Gasteiger charge is 2.25. The molecule has 1 aromatic heterocycles. The maximum absolute atomic E-state index is 9.96. The van der Waals surface area contributed by atoms with Crippen molar-refractivity contribution in [3.05, 3.63) is 29.8 Å². The lowest BCUT2D eigenvalue weighted by Crippen LogP contribution is -2.38. The summed E-state index contributed by atoms with van der Waals surface area (Å²) < 4.78 is 11.3. The quantitative estimate of drug-likeness (QED) is 0.392. The molecule has 1 aromatic carbocycles. The van der Waals surface area contributed by atoms with E-state index in [-0.39, 0.29) is 18.2 Å². The lowest BCUT2D eigenvalue weighted by molar-refractivity contribution is 0.0853. The fourth-order valence-electron chi connectivity index (χ4n) is 3.90. The summed E-state index contributed by atoms with van der Waals surface area (Å²) in [6.07, 6.45) is 2.55. The molecule has 9 heteroatoms. The van der Waals surface area contributed by atoms with E-state index < -0.39 is 6.10 Å². The molecule has 0 bridgehead atoms. The van der Waals surface area contributed by atoms with E-state index in [0.29, 0.717) is 29.5 Å². The molecule has 9 nitrogen and oxygen atoms in total. The van der Waals surface area contributed by atoms with Crippen LogP contribution in [-0.4, -0.2) is 79.4 Å². The Kier molecular flexibility index (Phi) is 8.82. The van der Waals surface area contributed by atoms with Gasteiger partial charge in [-0.1, -0.05) is 12.1 Å². The molecule has 1 fully saturated rings. The van der Waals surface area contributed by atoms with Crippen molar-refractivity contribution in [3.63, 3.8) is 0 Å². The Balaban J connectivity index is 2.00. The van der Waals surface area contributed by atoms with Crippen LogP contribution in [0.15, 0.2) is 24.3 Å². The molecule has 0 saturated carbocycles. The smallest absolute Gasteiger partial charge is 0.164 e. The third kappa shape index (κ3) is 6.88. The molecular weight excluding hydrogens is 432 g/mol. The van der Waals surface area contributed by atoms with Crippen molar-refractivity contribution in [2.75, 3.05) is 50.7 Å². The van der Waals surface area contributed by atoms with Crippen LogP contribution in [-0.2, 0) is 4.74 Å². The first-order chi connectivity index (χ1) is 16.2. The van der Waals surface area contributed by atoms with E-state index >= 15 is 0 Å². The Labute approximate surface area is 202 Å². The number of aromatic nitrogens is 2. The molecule has 34 heavy (non-hydrogen) atoms. The Morgan fingerprint density at radius 1 is 1.29 bits per heavy atom. The molecule has 186 valence electrons. The summed E-state index contributed by atoms with van der Waals surface area (Å²) in [5.41, 5.74) is 1.22. The minimum atomic E-state index is -0.598. The van der Waals surface area contributed by atoms with Gasteiger partial charge in [-0.15, -0.1) is 0 Å². The van der Waals surface area contributed by atoms with Crippen LogP contribution < -0.4 is 20.3 Å². The normalized spacial score (nSPS) is 15.6. The average Bonchev–Trinajstić information content (AvgIpc) is 2.81. The second-order valence-corrected chi connectivity index (χ2v) is 9.66. The molecule has 1 aliphatic rings. The van der Waals surface area contributed by atoms with Crippen molar-refractivity contribution in [1.82, 2.24) is 15.3 Å². The van der Waals surface area contributed by atoms with Crippen molar-refractivity contribution in [2.45, 2.75) is 51.3 Å². The molecule has 0 spiro atoms. The Morgan fingerprint density at radius 2 is 2.03 bits per heavy atom. The third-order valence-corrected chi connectivity index (χ3v) is 5.61. The van der Waals surface area contributed by atoms with E-state index in [0.717, 1.165) is 37.4 Å². The molecule has 2 aromatic rings. The largest absolute Gasteiger partial charge is 0.491 e. The molecule has 2 heterocycles. The Hall–Kier alpha value is -2.75. The van der Waals surface area contributed by atoms with E-state index in [1.54, 1.807) is 7.05 Å². The third-order valence-electron chi connectivity index (χ3n) is 5.61. The second kappa shape index (κ2) is 11.6. The van der Waals surface area contributed by atoms with Crippen molar-refractivity contribution in [2.24, 2.45) is 0 Å². The van der Waals surface area contributed by atoms with Crippen LogP contribution in [0, 0.1) is 5.41 Å². The number of anilines is 2. The highest BCUT2D eigenvalue weighted by Crippen LogP contribution is 2.31. The van der Waals surface area contributed by atoms with Gasteiger partial charge in [-0.2, -0.15) is 0 Å². The van der Waals surface area contributed by atoms with Gasteiger partial charge in [0.1, 0.15) is 30.1 Å². The van der Waals surface area contributed by atoms with Crippen molar-refractivity contribution < 1.29 is 14.6 Å². The molecule has 1 atom stereocenters. The molecule has 0 aliphatic carbocycles. The highest BCUT2D eigenvalue weighted by molar-refractivity contribution is 5.92. The minimum absolute atomic E-state index is 0.187. The fourth-order valence-corrected chi connectivity index (χ4v) is 3.90. The van der Waals surface area contributed by atoms with Crippen LogP contribution in [0.25, 0.3) is 11.4 Å².